The first kappa shape index (κ1) is 30.4. The number of fused-ring (bicyclic) bond motifs is 1. The van der Waals surface area contributed by atoms with Crippen LogP contribution in [0.2, 0.25) is 0 Å². The number of carboxylic acids is 1. The van der Waals surface area contributed by atoms with Gasteiger partial charge in [-0.1, -0.05) is 45.9 Å². The number of benzene rings is 1. The van der Waals surface area contributed by atoms with E-state index in [0.717, 1.165) is 16.5 Å². The highest BCUT2D eigenvalue weighted by atomic mass is 16.4. The molecular weight excluding hydrogens is 514 g/mol. The molecule has 0 aliphatic heterocycles. The number of carbonyl (C=O) groups is 4. The maximum atomic E-state index is 13.3. The number of H-pyrrole nitrogens is 2. The average Bonchev–Trinajstić information content (AvgIpc) is 3.55. The predicted octanol–water partition coefficient (Wildman–Crippen LogP) is 1.24. The largest absolute Gasteiger partial charge is 0.480 e. The number of carboxylic acid groups (broad SMARTS) is 1. The van der Waals surface area contributed by atoms with E-state index < -0.39 is 47.9 Å². The van der Waals surface area contributed by atoms with Crippen molar-refractivity contribution in [2.24, 2.45) is 17.6 Å². The molecule has 12 heteroatoms. The molecule has 0 aliphatic carbocycles. The number of hydrogen-bond donors (Lipinski definition) is 7. The molecule has 0 bridgehead atoms. The van der Waals surface area contributed by atoms with E-state index in [0.29, 0.717) is 12.1 Å². The Morgan fingerprint density at radius 3 is 2.25 bits per heavy atom. The monoisotopic (exact) mass is 553 g/mol. The van der Waals surface area contributed by atoms with Gasteiger partial charge in [0.25, 0.3) is 0 Å². The van der Waals surface area contributed by atoms with Crippen molar-refractivity contribution in [3.63, 3.8) is 0 Å². The fraction of sp³-hybridized carbons (Fsp3) is 0.464. The lowest BCUT2D eigenvalue weighted by molar-refractivity contribution is -0.142. The number of carbonyl (C=O) groups excluding carboxylic acids is 3. The summed E-state index contributed by atoms with van der Waals surface area (Å²) in [6.07, 6.45) is 5.38. The Bertz CT molecular complexity index is 1300. The number of nitrogens with two attached hydrogens (primary N) is 1. The lowest BCUT2D eigenvalue weighted by Gasteiger charge is -2.27. The maximum Gasteiger partial charge on any atom is 0.326 e. The van der Waals surface area contributed by atoms with Crippen LogP contribution >= 0.6 is 0 Å². The second kappa shape index (κ2) is 13.7. The van der Waals surface area contributed by atoms with Crippen LogP contribution in [0.4, 0.5) is 0 Å². The molecule has 2 heterocycles. The van der Waals surface area contributed by atoms with Crippen LogP contribution in [-0.2, 0) is 32.0 Å². The van der Waals surface area contributed by atoms with E-state index in [1.54, 1.807) is 26.2 Å². The number of aromatic nitrogens is 3. The van der Waals surface area contributed by atoms with E-state index in [2.05, 4.69) is 30.9 Å². The second-order valence-corrected chi connectivity index (χ2v) is 10.8. The number of aromatic amines is 2. The van der Waals surface area contributed by atoms with Crippen molar-refractivity contribution < 1.29 is 24.3 Å². The van der Waals surface area contributed by atoms with Gasteiger partial charge in [-0.15, -0.1) is 0 Å². The standard InChI is InChI=1S/C28H39N7O5/c1-15(2)9-22(33-25(36)20(29)11-18-13-30-14-32-18)26(37)35-24(16(3)4)27(38)34-23(28(39)40)10-17-12-31-21-8-6-5-7-19(17)21/h5-8,12-16,20,22-24,31H,9-11,29H2,1-4H3,(H,30,32)(H,33,36)(H,34,38)(H,35,37)(H,39,40). The normalized spacial score (nSPS) is 14.5. The highest BCUT2D eigenvalue weighted by Crippen LogP contribution is 2.19. The van der Waals surface area contributed by atoms with Crippen molar-refractivity contribution in [2.75, 3.05) is 0 Å². The minimum atomic E-state index is -1.21. The summed E-state index contributed by atoms with van der Waals surface area (Å²) in [6, 6.07) is 3.41. The van der Waals surface area contributed by atoms with E-state index in [4.69, 9.17) is 5.73 Å². The topological polar surface area (TPSA) is 195 Å². The third-order valence-electron chi connectivity index (χ3n) is 6.63. The van der Waals surface area contributed by atoms with Crippen LogP contribution in [0, 0.1) is 11.8 Å². The van der Waals surface area contributed by atoms with Gasteiger partial charge in [-0.25, -0.2) is 9.78 Å². The summed E-state index contributed by atoms with van der Waals surface area (Å²) in [7, 11) is 0. The molecule has 0 radical (unpaired) electrons. The molecule has 3 amide bonds. The Morgan fingerprint density at radius 1 is 0.925 bits per heavy atom. The number of hydrogen-bond acceptors (Lipinski definition) is 6. The number of para-hydroxylation sites is 1. The predicted molar refractivity (Wildman–Crippen MR) is 150 cm³/mol. The van der Waals surface area contributed by atoms with Crippen LogP contribution in [0.15, 0.2) is 43.0 Å². The Hall–Kier alpha value is -4.19. The fourth-order valence-electron chi connectivity index (χ4n) is 4.48. The Labute approximate surface area is 232 Å². The quantitative estimate of drug-likeness (QED) is 0.156. The van der Waals surface area contributed by atoms with Gasteiger partial charge < -0.3 is 36.8 Å². The molecule has 0 saturated heterocycles. The van der Waals surface area contributed by atoms with Crippen LogP contribution in [-0.4, -0.2) is 67.9 Å². The fourth-order valence-corrected chi connectivity index (χ4v) is 4.48. The highest BCUT2D eigenvalue weighted by molar-refractivity contribution is 5.94. The third kappa shape index (κ3) is 8.15. The third-order valence-corrected chi connectivity index (χ3v) is 6.63. The zero-order chi connectivity index (χ0) is 29.4. The molecule has 3 rings (SSSR count). The van der Waals surface area contributed by atoms with Gasteiger partial charge in [0.2, 0.25) is 17.7 Å². The summed E-state index contributed by atoms with van der Waals surface area (Å²) < 4.78 is 0. The highest BCUT2D eigenvalue weighted by Gasteiger charge is 2.32. The number of nitrogens with zero attached hydrogens (tertiary/aromatic N) is 1. The van der Waals surface area contributed by atoms with Crippen LogP contribution in [0.5, 0.6) is 0 Å². The molecule has 216 valence electrons. The van der Waals surface area contributed by atoms with E-state index in [1.165, 1.54) is 6.33 Å². The smallest absolute Gasteiger partial charge is 0.326 e. The number of imidazole rings is 1. The van der Waals surface area contributed by atoms with Gasteiger partial charge in [0.05, 0.1) is 12.4 Å². The zero-order valence-corrected chi connectivity index (χ0v) is 23.2. The van der Waals surface area contributed by atoms with Crippen molar-refractivity contribution in [2.45, 2.75) is 71.1 Å². The second-order valence-electron chi connectivity index (χ2n) is 10.8. The van der Waals surface area contributed by atoms with Gasteiger partial charge in [-0.3, -0.25) is 14.4 Å². The van der Waals surface area contributed by atoms with Crippen LogP contribution in [0.1, 0.15) is 45.4 Å². The molecule has 1 aromatic carbocycles. The summed E-state index contributed by atoms with van der Waals surface area (Å²) in [5.41, 5.74) is 8.34. The number of rotatable bonds is 14. The molecule has 8 N–H and O–H groups in total. The number of nitrogens with one attached hydrogen (secondary N) is 5. The molecule has 3 aromatic rings. The molecule has 4 atom stereocenters. The SMILES string of the molecule is CC(C)CC(NC(=O)C(N)Cc1cnc[nH]1)C(=O)NC(C(=O)NC(Cc1c[nH]c2ccccc12)C(=O)O)C(C)C. The molecule has 40 heavy (non-hydrogen) atoms. The van der Waals surface area contributed by atoms with Crippen molar-refractivity contribution in [1.82, 2.24) is 30.9 Å². The average molecular weight is 554 g/mol. The minimum absolute atomic E-state index is 0.0544. The van der Waals surface area contributed by atoms with Gasteiger partial charge in [-0.2, -0.15) is 0 Å². The van der Waals surface area contributed by atoms with Crippen LogP contribution in [0.25, 0.3) is 10.9 Å². The summed E-state index contributed by atoms with van der Waals surface area (Å²) >= 11 is 0. The molecule has 0 saturated carbocycles. The van der Waals surface area contributed by atoms with Crippen LogP contribution < -0.4 is 21.7 Å². The number of amides is 3. The molecule has 4 unspecified atom stereocenters. The van der Waals surface area contributed by atoms with Gasteiger partial charge in [0.1, 0.15) is 18.1 Å². The van der Waals surface area contributed by atoms with Crippen molar-refractivity contribution in [3.05, 3.63) is 54.2 Å². The summed E-state index contributed by atoms with van der Waals surface area (Å²) in [5.74, 6) is -3.17. The minimum Gasteiger partial charge on any atom is -0.480 e. The first-order valence-corrected chi connectivity index (χ1v) is 13.4. The van der Waals surface area contributed by atoms with E-state index in [-0.39, 0.29) is 24.7 Å². The van der Waals surface area contributed by atoms with E-state index in [9.17, 15) is 24.3 Å². The summed E-state index contributed by atoms with van der Waals surface area (Å²) in [4.78, 5) is 61.3. The van der Waals surface area contributed by atoms with E-state index >= 15 is 0 Å². The Morgan fingerprint density at radius 2 is 1.62 bits per heavy atom. The molecule has 0 aliphatic rings. The van der Waals surface area contributed by atoms with Crippen molar-refractivity contribution in [1.29, 1.82) is 0 Å². The van der Waals surface area contributed by atoms with Gasteiger partial charge >= 0.3 is 5.97 Å². The van der Waals surface area contributed by atoms with Crippen molar-refractivity contribution in [3.8, 4) is 0 Å². The molecule has 2 aromatic heterocycles. The molecule has 0 fully saturated rings. The van der Waals surface area contributed by atoms with Crippen LogP contribution in [0.3, 0.4) is 0 Å². The first-order chi connectivity index (χ1) is 19.0. The van der Waals surface area contributed by atoms with Crippen molar-refractivity contribution >= 4 is 34.6 Å². The Balaban J connectivity index is 1.69. The van der Waals surface area contributed by atoms with Gasteiger partial charge in [0, 0.05) is 41.8 Å². The maximum absolute atomic E-state index is 13.3. The molecular formula is C28H39N7O5. The van der Waals surface area contributed by atoms with E-state index in [1.807, 2.05) is 38.1 Å². The number of aliphatic carboxylic acids is 1. The lowest BCUT2D eigenvalue weighted by atomic mass is 9.98. The van der Waals surface area contributed by atoms with Gasteiger partial charge in [0.15, 0.2) is 0 Å². The Kier molecular flexibility index (Phi) is 10.4. The first-order valence-electron chi connectivity index (χ1n) is 13.4. The van der Waals surface area contributed by atoms with Gasteiger partial charge in [-0.05, 0) is 29.9 Å². The molecule has 12 nitrogen and oxygen atoms in total. The summed E-state index contributed by atoms with van der Waals surface area (Å²) in [6.45, 7) is 7.31. The lowest BCUT2D eigenvalue weighted by Crippen LogP contribution is -2.59. The zero-order valence-electron chi connectivity index (χ0n) is 23.2. The molecule has 0 spiro atoms. The summed E-state index contributed by atoms with van der Waals surface area (Å²) in [5, 5.41) is 18.7.